The Morgan fingerprint density at radius 3 is 0.952 bits per heavy atom. The van der Waals surface area contributed by atoms with Gasteiger partial charge >= 0.3 is 0 Å². The number of hydrogen-bond donors (Lipinski definition) is 0. The zero-order valence-corrected chi connectivity index (χ0v) is 34.2. The summed E-state index contributed by atoms with van der Waals surface area (Å²) in [4.78, 5) is 0. The lowest BCUT2D eigenvalue weighted by atomic mass is 9.83. The lowest BCUT2D eigenvalue weighted by molar-refractivity contribution is 0.669. The van der Waals surface area contributed by atoms with Crippen LogP contribution in [0.2, 0.25) is 0 Å². The molecule has 1 heterocycles. The van der Waals surface area contributed by atoms with Crippen molar-refractivity contribution in [3.05, 3.63) is 265 Å². The van der Waals surface area contributed by atoms with Gasteiger partial charge in [0.05, 0.1) is 0 Å². The summed E-state index contributed by atoms with van der Waals surface area (Å²) in [6, 6.07) is 90.0. The van der Waals surface area contributed by atoms with Crippen LogP contribution >= 0.6 is 0 Å². The molecule has 0 saturated heterocycles. The van der Waals surface area contributed by atoms with Gasteiger partial charge in [0.15, 0.2) is 0 Å². The highest BCUT2D eigenvalue weighted by atomic mass is 16.3. The quantitative estimate of drug-likeness (QED) is 0.133. The summed E-state index contributed by atoms with van der Waals surface area (Å²) in [5, 5.41) is 2.28. The molecule has 0 amide bonds. The van der Waals surface area contributed by atoms with E-state index in [1.54, 1.807) is 0 Å². The fraction of sp³-hybridized carbons (Fsp3) is 0.0164. The van der Waals surface area contributed by atoms with Gasteiger partial charge in [0.2, 0.25) is 0 Å². The highest BCUT2D eigenvalue weighted by Gasteiger charge is 2.18. The third-order valence-corrected chi connectivity index (χ3v) is 12.2. The predicted molar refractivity (Wildman–Crippen MR) is 260 cm³/mol. The Morgan fingerprint density at radius 2 is 0.516 bits per heavy atom. The minimum Gasteiger partial charge on any atom is -0.456 e. The standard InChI is InChI=1S/C61H42O/c1-3-12-42(13-4-1)50-16-9-18-52(38-50)44-24-30-47(31-25-44)61(48-32-26-45(27-33-48)53-19-10-17-51(39-53)43-14-5-2-6-15-43)49-34-28-46(29-35-49)54-20-11-21-55(40-54)56-36-37-60-58(41-56)57-22-7-8-23-59(57)62-60/h1-41,61H. The summed E-state index contributed by atoms with van der Waals surface area (Å²) in [6.07, 6.45) is 0. The van der Waals surface area contributed by atoms with Crippen LogP contribution in [-0.4, -0.2) is 0 Å². The first-order valence-corrected chi connectivity index (χ1v) is 21.3. The van der Waals surface area contributed by atoms with Crippen molar-refractivity contribution in [1.29, 1.82) is 0 Å². The maximum atomic E-state index is 6.12. The van der Waals surface area contributed by atoms with Crippen LogP contribution < -0.4 is 0 Å². The minimum absolute atomic E-state index is 0.0429. The predicted octanol–water partition coefficient (Wildman–Crippen LogP) is 16.8. The fourth-order valence-electron chi connectivity index (χ4n) is 8.98. The smallest absolute Gasteiger partial charge is 0.135 e. The third kappa shape index (κ3) is 7.31. The van der Waals surface area contributed by atoms with Crippen LogP contribution in [0.1, 0.15) is 22.6 Å². The molecule has 11 aromatic rings. The minimum atomic E-state index is 0.0429. The number of benzene rings is 10. The average molecular weight is 791 g/mol. The van der Waals surface area contributed by atoms with Crippen LogP contribution in [0, 0.1) is 0 Å². The zero-order chi connectivity index (χ0) is 41.2. The Bertz CT molecular complexity index is 3180. The van der Waals surface area contributed by atoms with Gasteiger partial charge in [0.1, 0.15) is 11.2 Å². The average Bonchev–Trinajstić information content (AvgIpc) is 3.73. The zero-order valence-electron chi connectivity index (χ0n) is 34.2. The van der Waals surface area contributed by atoms with Crippen molar-refractivity contribution >= 4 is 21.9 Å². The van der Waals surface area contributed by atoms with Crippen molar-refractivity contribution in [1.82, 2.24) is 0 Å². The molecule has 10 aromatic carbocycles. The molecule has 1 nitrogen and oxygen atoms in total. The van der Waals surface area contributed by atoms with Gasteiger partial charge in [-0.2, -0.15) is 0 Å². The highest BCUT2D eigenvalue weighted by Crippen LogP contribution is 2.38. The summed E-state index contributed by atoms with van der Waals surface area (Å²) >= 11 is 0. The number of para-hydroxylation sites is 1. The van der Waals surface area contributed by atoms with E-state index in [-0.39, 0.29) is 5.92 Å². The van der Waals surface area contributed by atoms with Crippen molar-refractivity contribution in [2.24, 2.45) is 0 Å². The van der Waals surface area contributed by atoms with Crippen molar-refractivity contribution in [2.45, 2.75) is 5.92 Å². The lowest BCUT2D eigenvalue weighted by Gasteiger charge is -2.20. The van der Waals surface area contributed by atoms with E-state index in [0.717, 1.165) is 21.9 Å². The molecular formula is C61H42O. The van der Waals surface area contributed by atoms with Gasteiger partial charge in [-0.1, -0.05) is 212 Å². The molecule has 0 saturated carbocycles. The van der Waals surface area contributed by atoms with E-state index in [0.29, 0.717) is 0 Å². The maximum Gasteiger partial charge on any atom is 0.135 e. The third-order valence-electron chi connectivity index (χ3n) is 12.2. The molecule has 0 unspecified atom stereocenters. The van der Waals surface area contributed by atoms with Crippen molar-refractivity contribution in [3.63, 3.8) is 0 Å². The molecule has 11 rings (SSSR count). The number of rotatable bonds is 9. The Balaban J connectivity index is 0.930. The summed E-state index contributed by atoms with van der Waals surface area (Å²) in [5.41, 5.74) is 20.0. The van der Waals surface area contributed by atoms with Gasteiger partial charge in [-0.3, -0.25) is 0 Å². The Kier molecular flexibility index (Phi) is 9.69. The van der Waals surface area contributed by atoms with E-state index >= 15 is 0 Å². The molecule has 0 aliphatic rings. The van der Waals surface area contributed by atoms with Gasteiger partial charge in [0.25, 0.3) is 0 Å². The molecule has 0 aliphatic carbocycles. The molecule has 0 N–H and O–H groups in total. The van der Waals surface area contributed by atoms with Crippen molar-refractivity contribution in [2.75, 3.05) is 0 Å². The van der Waals surface area contributed by atoms with E-state index in [9.17, 15) is 0 Å². The van der Waals surface area contributed by atoms with Crippen LogP contribution in [0.5, 0.6) is 0 Å². The summed E-state index contributed by atoms with van der Waals surface area (Å²) in [6.45, 7) is 0. The molecule has 0 bridgehead atoms. The largest absolute Gasteiger partial charge is 0.456 e. The maximum absolute atomic E-state index is 6.12. The highest BCUT2D eigenvalue weighted by molar-refractivity contribution is 6.06. The monoisotopic (exact) mass is 790 g/mol. The number of hydrogen-bond acceptors (Lipinski definition) is 1. The van der Waals surface area contributed by atoms with Gasteiger partial charge < -0.3 is 4.42 Å². The van der Waals surface area contributed by atoms with Gasteiger partial charge in [-0.15, -0.1) is 0 Å². The van der Waals surface area contributed by atoms with E-state index < -0.39 is 0 Å². The van der Waals surface area contributed by atoms with E-state index in [1.165, 1.54) is 83.5 Å². The van der Waals surface area contributed by atoms with Crippen LogP contribution in [0.25, 0.3) is 88.7 Å². The van der Waals surface area contributed by atoms with Crippen LogP contribution in [0.4, 0.5) is 0 Å². The van der Waals surface area contributed by atoms with E-state index in [4.69, 9.17) is 4.42 Å². The Hall–Kier alpha value is -8.00. The first-order valence-electron chi connectivity index (χ1n) is 21.3. The first kappa shape index (κ1) is 37.0. The molecule has 0 radical (unpaired) electrons. The second-order valence-electron chi connectivity index (χ2n) is 16.1. The second kappa shape index (κ2) is 16.2. The van der Waals surface area contributed by atoms with Crippen molar-refractivity contribution < 1.29 is 4.42 Å². The topological polar surface area (TPSA) is 13.1 Å². The summed E-state index contributed by atoms with van der Waals surface area (Å²) in [7, 11) is 0. The van der Waals surface area contributed by atoms with Gasteiger partial charge in [0, 0.05) is 16.7 Å². The molecule has 0 aliphatic heterocycles. The Morgan fingerprint density at radius 1 is 0.210 bits per heavy atom. The molecule has 0 fully saturated rings. The van der Waals surface area contributed by atoms with E-state index in [2.05, 4.69) is 237 Å². The number of fused-ring (bicyclic) bond motifs is 3. The van der Waals surface area contributed by atoms with Crippen molar-refractivity contribution in [3.8, 4) is 66.8 Å². The Labute approximate surface area is 362 Å². The normalized spacial score (nSPS) is 11.4. The molecule has 0 spiro atoms. The van der Waals surface area contributed by atoms with Gasteiger partial charge in [-0.25, -0.2) is 0 Å². The molecule has 0 atom stereocenters. The van der Waals surface area contributed by atoms with Crippen LogP contribution in [-0.2, 0) is 0 Å². The van der Waals surface area contributed by atoms with Crippen LogP contribution in [0.15, 0.2) is 253 Å². The fourth-order valence-corrected chi connectivity index (χ4v) is 8.98. The molecule has 292 valence electrons. The van der Waals surface area contributed by atoms with Gasteiger partial charge in [-0.05, 0) is 120 Å². The lowest BCUT2D eigenvalue weighted by Crippen LogP contribution is -2.03. The molecular weight excluding hydrogens is 749 g/mol. The number of furan rings is 1. The molecule has 1 aromatic heterocycles. The van der Waals surface area contributed by atoms with Crippen LogP contribution in [0.3, 0.4) is 0 Å². The SMILES string of the molecule is c1ccc(-c2cccc(-c3ccc(C(c4ccc(-c5cccc(-c6ccccc6)c5)cc4)c4ccc(-c5cccc(-c6ccc7oc8ccccc8c7c6)c5)cc4)cc3)c2)cc1. The second-order valence-corrected chi connectivity index (χ2v) is 16.1. The summed E-state index contributed by atoms with van der Waals surface area (Å²) < 4.78 is 6.12. The molecule has 62 heavy (non-hydrogen) atoms. The summed E-state index contributed by atoms with van der Waals surface area (Å²) in [5.74, 6) is 0.0429. The molecule has 1 heteroatoms. The first-order chi connectivity index (χ1) is 30.7. The van der Waals surface area contributed by atoms with E-state index in [1.807, 2.05) is 12.1 Å².